The molecule has 0 saturated carbocycles. The van der Waals surface area contributed by atoms with Gasteiger partial charge in [-0.15, -0.1) is 0 Å². The Balaban J connectivity index is 1.96. The van der Waals surface area contributed by atoms with Crippen LogP contribution in [-0.4, -0.2) is 18.6 Å². The number of benzene rings is 1. The predicted molar refractivity (Wildman–Crippen MR) is 66.9 cm³/mol. The molecule has 1 saturated heterocycles. The zero-order valence-electron chi connectivity index (χ0n) is 10.7. The van der Waals surface area contributed by atoms with Crippen LogP contribution < -0.4 is 14.8 Å². The molecule has 2 atom stereocenters. The van der Waals surface area contributed by atoms with Gasteiger partial charge in [0.15, 0.2) is 0 Å². The lowest BCUT2D eigenvalue weighted by molar-refractivity contribution is -0.128. The zero-order chi connectivity index (χ0) is 12.7. The molecule has 0 radical (unpaired) electrons. The molecule has 1 aromatic carbocycles. The minimum atomic E-state index is 0.0730. The lowest BCUT2D eigenvalue weighted by Gasteiger charge is -2.29. The van der Waals surface area contributed by atoms with E-state index in [9.17, 15) is 4.79 Å². The summed E-state index contributed by atoms with van der Waals surface area (Å²) < 4.78 is 11.4. The summed E-state index contributed by atoms with van der Waals surface area (Å²) in [5.41, 5.74) is 2.23. The maximum absolute atomic E-state index is 11.1. The lowest BCUT2D eigenvalue weighted by atomic mass is 9.94. The van der Waals surface area contributed by atoms with Gasteiger partial charge in [-0.1, -0.05) is 0 Å². The first-order valence-electron chi connectivity index (χ1n) is 6.43. The van der Waals surface area contributed by atoms with E-state index in [1.54, 1.807) is 0 Å². The number of fused-ring (bicyclic) bond motifs is 1. The monoisotopic (exact) mass is 247 g/mol. The first kappa shape index (κ1) is 11.4. The molecule has 1 N–H and O–H groups in total. The molecule has 0 bridgehead atoms. The summed E-state index contributed by atoms with van der Waals surface area (Å²) in [5.74, 6) is 1.90. The normalized spacial score (nSPS) is 24.9. The standard InChI is InChI=1S/C14H17NO3/c1-3-17-13-5-9-4-8(2)18-12(9)6-10(13)11-7-14(16)15-11/h5-6,8,11H,3-4,7H2,1-2H3,(H,15,16). The SMILES string of the molecule is CCOc1cc2c(cc1C1CC(=O)N1)OC(C)C2. The van der Waals surface area contributed by atoms with Crippen molar-refractivity contribution in [2.24, 2.45) is 0 Å². The number of nitrogens with one attached hydrogen (secondary N) is 1. The smallest absolute Gasteiger partial charge is 0.222 e. The van der Waals surface area contributed by atoms with Crippen LogP contribution in [0.3, 0.4) is 0 Å². The number of carbonyl (C=O) groups is 1. The lowest BCUT2D eigenvalue weighted by Crippen LogP contribution is -2.41. The Hall–Kier alpha value is -1.71. The summed E-state index contributed by atoms with van der Waals surface area (Å²) in [7, 11) is 0. The number of β-lactam (4-membered cyclic amide) rings is 1. The highest BCUT2D eigenvalue weighted by Gasteiger charge is 2.31. The minimum Gasteiger partial charge on any atom is -0.494 e. The largest absolute Gasteiger partial charge is 0.494 e. The van der Waals surface area contributed by atoms with Crippen LogP contribution in [0.15, 0.2) is 12.1 Å². The van der Waals surface area contributed by atoms with Crippen LogP contribution in [0, 0.1) is 0 Å². The fourth-order valence-electron chi connectivity index (χ4n) is 2.55. The van der Waals surface area contributed by atoms with E-state index in [0.717, 1.165) is 23.5 Å². The van der Waals surface area contributed by atoms with Gasteiger partial charge in [-0.3, -0.25) is 4.79 Å². The highest BCUT2D eigenvalue weighted by Crippen LogP contribution is 2.40. The summed E-state index contributed by atoms with van der Waals surface area (Å²) in [4.78, 5) is 11.1. The molecule has 1 aromatic rings. The van der Waals surface area contributed by atoms with Gasteiger partial charge in [0.2, 0.25) is 5.91 Å². The number of ether oxygens (including phenoxy) is 2. The molecule has 4 nitrogen and oxygen atoms in total. The van der Waals surface area contributed by atoms with Crippen LogP contribution >= 0.6 is 0 Å². The molecule has 1 fully saturated rings. The first-order chi connectivity index (χ1) is 8.67. The second-order valence-electron chi connectivity index (χ2n) is 4.89. The third kappa shape index (κ3) is 1.82. The molecular weight excluding hydrogens is 230 g/mol. The Morgan fingerprint density at radius 2 is 2.22 bits per heavy atom. The molecule has 2 aliphatic heterocycles. The fraction of sp³-hybridized carbons (Fsp3) is 0.500. The summed E-state index contributed by atoms with van der Waals surface area (Å²) in [5, 5.41) is 2.89. The maximum atomic E-state index is 11.1. The molecule has 96 valence electrons. The average Bonchev–Trinajstić information content (AvgIpc) is 2.64. The number of carbonyl (C=O) groups excluding carboxylic acids is 1. The van der Waals surface area contributed by atoms with Gasteiger partial charge in [0.1, 0.15) is 17.6 Å². The van der Waals surface area contributed by atoms with E-state index in [2.05, 4.69) is 18.3 Å². The maximum Gasteiger partial charge on any atom is 0.222 e. The molecule has 1 amide bonds. The third-order valence-corrected chi connectivity index (χ3v) is 3.43. The van der Waals surface area contributed by atoms with Crippen molar-refractivity contribution in [3.8, 4) is 11.5 Å². The Kier molecular flexibility index (Phi) is 2.65. The van der Waals surface area contributed by atoms with Crippen molar-refractivity contribution in [1.29, 1.82) is 0 Å². The van der Waals surface area contributed by atoms with E-state index in [-0.39, 0.29) is 18.1 Å². The molecule has 4 heteroatoms. The van der Waals surface area contributed by atoms with Crippen molar-refractivity contribution in [2.45, 2.75) is 38.8 Å². The van der Waals surface area contributed by atoms with Gasteiger partial charge in [0.25, 0.3) is 0 Å². The van der Waals surface area contributed by atoms with Gasteiger partial charge in [-0.05, 0) is 26.0 Å². The summed E-state index contributed by atoms with van der Waals surface area (Å²) in [6.07, 6.45) is 1.68. The molecule has 2 unspecified atom stereocenters. The first-order valence-corrected chi connectivity index (χ1v) is 6.43. The van der Waals surface area contributed by atoms with Crippen LogP contribution in [0.1, 0.15) is 37.4 Å². The molecule has 0 aliphatic carbocycles. The second kappa shape index (κ2) is 4.19. The molecule has 18 heavy (non-hydrogen) atoms. The summed E-state index contributed by atoms with van der Waals surface area (Å²) in [6, 6.07) is 4.15. The average molecular weight is 247 g/mol. The van der Waals surface area contributed by atoms with E-state index in [0.29, 0.717) is 13.0 Å². The Morgan fingerprint density at radius 1 is 1.44 bits per heavy atom. The van der Waals surface area contributed by atoms with E-state index in [4.69, 9.17) is 9.47 Å². The fourth-order valence-corrected chi connectivity index (χ4v) is 2.55. The quantitative estimate of drug-likeness (QED) is 0.831. The zero-order valence-corrected chi connectivity index (χ0v) is 10.7. The molecule has 2 heterocycles. The van der Waals surface area contributed by atoms with Gasteiger partial charge in [-0.25, -0.2) is 0 Å². The van der Waals surface area contributed by atoms with Crippen molar-refractivity contribution >= 4 is 5.91 Å². The van der Waals surface area contributed by atoms with E-state index in [1.807, 2.05) is 13.0 Å². The second-order valence-corrected chi connectivity index (χ2v) is 4.89. The van der Waals surface area contributed by atoms with Crippen molar-refractivity contribution < 1.29 is 14.3 Å². The van der Waals surface area contributed by atoms with Gasteiger partial charge < -0.3 is 14.8 Å². The van der Waals surface area contributed by atoms with Crippen LogP contribution in [-0.2, 0) is 11.2 Å². The number of hydrogen-bond acceptors (Lipinski definition) is 3. The van der Waals surface area contributed by atoms with Crippen molar-refractivity contribution in [2.75, 3.05) is 6.61 Å². The Morgan fingerprint density at radius 3 is 2.89 bits per heavy atom. The highest BCUT2D eigenvalue weighted by molar-refractivity contribution is 5.83. The van der Waals surface area contributed by atoms with Gasteiger partial charge in [0, 0.05) is 17.5 Å². The molecule has 3 rings (SSSR count). The van der Waals surface area contributed by atoms with Crippen molar-refractivity contribution in [3.05, 3.63) is 23.3 Å². The summed E-state index contributed by atoms with van der Waals surface area (Å²) >= 11 is 0. The van der Waals surface area contributed by atoms with Crippen molar-refractivity contribution in [3.63, 3.8) is 0 Å². The van der Waals surface area contributed by atoms with Crippen LogP contribution in [0.4, 0.5) is 0 Å². The van der Waals surface area contributed by atoms with E-state index < -0.39 is 0 Å². The van der Waals surface area contributed by atoms with Gasteiger partial charge in [0.05, 0.1) is 19.1 Å². The topological polar surface area (TPSA) is 47.6 Å². The van der Waals surface area contributed by atoms with Crippen LogP contribution in [0.25, 0.3) is 0 Å². The van der Waals surface area contributed by atoms with E-state index >= 15 is 0 Å². The molecule has 0 spiro atoms. The van der Waals surface area contributed by atoms with Crippen LogP contribution in [0.5, 0.6) is 11.5 Å². The molecule has 2 aliphatic rings. The van der Waals surface area contributed by atoms with Gasteiger partial charge >= 0.3 is 0 Å². The summed E-state index contributed by atoms with van der Waals surface area (Å²) in [6.45, 7) is 4.66. The third-order valence-electron chi connectivity index (χ3n) is 3.43. The molecule has 0 aromatic heterocycles. The van der Waals surface area contributed by atoms with E-state index in [1.165, 1.54) is 5.56 Å². The molecular formula is C14H17NO3. The number of hydrogen-bond donors (Lipinski definition) is 1. The van der Waals surface area contributed by atoms with Crippen LogP contribution in [0.2, 0.25) is 0 Å². The number of rotatable bonds is 3. The minimum absolute atomic E-state index is 0.0730. The highest BCUT2D eigenvalue weighted by atomic mass is 16.5. The van der Waals surface area contributed by atoms with Gasteiger partial charge in [-0.2, -0.15) is 0 Å². The number of amides is 1. The Labute approximate surface area is 106 Å². The predicted octanol–water partition coefficient (Wildman–Crippen LogP) is 1.97. The Bertz CT molecular complexity index is 490. The van der Waals surface area contributed by atoms with Crippen molar-refractivity contribution in [1.82, 2.24) is 5.32 Å².